The highest BCUT2D eigenvalue weighted by Crippen LogP contribution is 2.31. The third-order valence-electron chi connectivity index (χ3n) is 3.26. The molecule has 2 heterocycles. The van der Waals surface area contributed by atoms with Crippen LogP contribution in [0.4, 0.5) is 11.4 Å². The second kappa shape index (κ2) is 4.92. The Morgan fingerprint density at radius 3 is 2.81 bits per heavy atom. The van der Waals surface area contributed by atoms with Crippen LogP contribution in [-0.4, -0.2) is 27.1 Å². The van der Waals surface area contributed by atoms with Crippen LogP contribution in [0.2, 0.25) is 0 Å². The third-order valence-corrected chi connectivity index (χ3v) is 3.86. The fourth-order valence-corrected chi connectivity index (χ4v) is 2.98. The van der Waals surface area contributed by atoms with Crippen LogP contribution in [0, 0.1) is 0 Å². The minimum Gasteiger partial charge on any atom is -0.459 e. The lowest BCUT2D eigenvalue weighted by Gasteiger charge is -2.16. The Kier molecular flexibility index (Phi) is 3.21. The number of hydrogen-bond acceptors (Lipinski definition) is 4. The van der Waals surface area contributed by atoms with Crippen LogP contribution < -0.4 is 9.62 Å². The van der Waals surface area contributed by atoms with E-state index in [1.165, 1.54) is 6.26 Å². The lowest BCUT2D eigenvalue weighted by molar-refractivity contribution is 0.0963. The molecule has 0 unspecified atom stereocenters. The molecule has 1 aromatic heterocycles. The van der Waals surface area contributed by atoms with Gasteiger partial charge in [-0.05, 0) is 42.3 Å². The van der Waals surface area contributed by atoms with E-state index in [9.17, 15) is 13.2 Å². The van der Waals surface area contributed by atoms with Gasteiger partial charge in [-0.15, -0.1) is 0 Å². The molecule has 0 fully saturated rings. The average Bonchev–Trinajstić information content (AvgIpc) is 3.05. The number of hydrogen-bond donors (Lipinski definition) is 1. The molecule has 1 aliphatic heterocycles. The van der Waals surface area contributed by atoms with Crippen molar-refractivity contribution in [2.75, 3.05) is 22.4 Å². The van der Waals surface area contributed by atoms with E-state index >= 15 is 0 Å². The Morgan fingerprint density at radius 1 is 1.33 bits per heavy atom. The van der Waals surface area contributed by atoms with Gasteiger partial charge < -0.3 is 9.32 Å². The number of fused-ring (bicyclic) bond motifs is 1. The first-order valence-electron chi connectivity index (χ1n) is 6.40. The number of amides is 1. The minimum atomic E-state index is -3.31. The van der Waals surface area contributed by atoms with Crippen molar-refractivity contribution in [3.63, 3.8) is 0 Å². The SMILES string of the molecule is CS(=O)(=O)Nc1ccc2c(c1)CCN2C(=O)c1ccco1. The largest absolute Gasteiger partial charge is 0.459 e. The molecule has 0 atom stereocenters. The van der Waals surface area contributed by atoms with Gasteiger partial charge in [0.1, 0.15) is 0 Å². The van der Waals surface area contributed by atoms with Crippen molar-refractivity contribution in [2.45, 2.75) is 6.42 Å². The van der Waals surface area contributed by atoms with E-state index in [0.29, 0.717) is 24.4 Å². The van der Waals surface area contributed by atoms with Crippen molar-refractivity contribution in [1.82, 2.24) is 0 Å². The Bertz CT molecular complexity index is 781. The van der Waals surface area contributed by atoms with E-state index in [2.05, 4.69) is 4.72 Å². The number of carbonyl (C=O) groups is 1. The van der Waals surface area contributed by atoms with Crippen molar-refractivity contribution in [3.8, 4) is 0 Å². The van der Waals surface area contributed by atoms with Crippen molar-refractivity contribution < 1.29 is 17.6 Å². The van der Waals surface area contributed by atoms with Crippen LogP contribution >= 0.6 is 0 Å². The van der Waals surface area contributed by atoms with Crippen LogP contribution in [0.5, 0.6) is 0 Å². The third kappa shape index (κ3) is 2.78. The number of nitrogens with zero attached hydrogens (tertiary/aromatic N) is 1. The van der Waals surface area contributed by atoms with Crippen LogP contribution in [0.15, 0.2) is 41.0 Å². The zero-order valence-corrected chi connectivity index (χ0v) is 12.2. The zero-order chi connectivity index (χ0) is 15.0. The topological polar surface area (TPSA) is 79.6 Å². The van der Waals surface area contributed by atoms with E-state index < -0.39 is 10.0 Å². The monoisotopic (exact) mass is 306 g/mol. The molecular weight excluding hydrogens is 292 g/mol. The molecule has 0 bridgehead atoms. The first-order valence-corrected chi connectivity index (χ1v) is 8.29. The predicted octanol–water partition coefficient (Wildman–Crippen LogP) is 1.85. The van der Waals surface area contributed by atoms with Crippen molar-refractivity contribution in [2.24, 2.45) is 0 Å². The molecule has 110 valence electrons. The molecular formula is C14H14N2O4S. The van der Waals surface area contributed by atoms with Crippen molar-refractivity contribution in [3.05, 3.63) is 47.9 Å². The first-order chi connectivity index (χ1) is 9.94. The molecule has 0 spiro atoms. The summed E-state index contributed by atoms with van der Waals surface area (Å²) in [6.45, 7) is 0.553. The smallest absolute Gasteiger partial charge is 0.293 e. The van der Waals surface area contributed by atoms with Gasteiger partial charge in [0.25, 0.3) is 5.91 Å². The maximum Gasteiger partial charge on any atom is 0.293 e. The lowest BCUT2D eigenvalue weighted by atomic mass is 10.1. The Morgan fingerprint density at radius 2 is 2.14 bits per heavy atom. The Labute approximate surface area is 122 Å². The number of furan rings is 1. The zero-order valence-electron chi connectivity index (χ0n) is 11.4. The molecule has 0 saturated heterocycles. The highest BCUT2D eigenvalue weighted by atomic mass is 32.2. The highest BCUT2D eigenvalue weighted by molar-refractivity contribution is 7.92. The number of anilines is 2. The van der Waals surface area contributed by atoms with Gasteiger partial charge in [0, 0.05) is 17.9 Å². The summed E-state index contributed by atoms with van der Waals surface area (Å²) in [7, 11) is -3.31. The molecule has 3 rings (SSSR count). The van der Waals surface area contributed by atoms with Gasteiger partial charge in [-0.1, -0.05) is 0 Å². The number of benzene rings is 1. The molecule has 7 heteroatoms. The van der Waals surface area contributed by atoms with Crippen LogP contribution in [0.1, 0.15) is 16.1 Å². The fraction of sp³-hybridized carbons (Fsp3) is 0.214. The molecule has 1 N–H and O–H groups in total. The summed E-state index contributed by atoms with van der Waals surface area (Å²) < 4.78 is 30.0. The summed E-state index contributed by atoms with van der Waals surface area (Å²) in [5, 5.41) is 0. The fourth-order valence-electron chi connectivity index (χ4n) is 2.42. The van der Waals surface area contributed by atoms with Gasteiger partial charge in [0.05, 0.1) is 12.5 Å². The minimum absolute atomic E-state index is 0.192. The average molecular weight is 306 g/mol. The summed E-state index contributed by atoms with van der Waals surface area (Å²) in [6.07, 6.45) is 3.25. The Balaban J connectivity index is 1.88. The molecule has 1 aromatic carbocycles. The molecule has 1 aliphatic rings. The number of sulfonamides is 1. The second-order valence-corrected chi connectivity index (χ2v) is 6.65. The van der Waals surface area contributed by atoms with E-state index in [1.807, 2.05) is 0 Å². The first kappa shape index (κ1) is 13.7. The van der Waals surface area contributed by atoms with Gasteiger partial charge in [-0.3, -0.25) is 9.52 Å². The van der Waals surface area contributed by atoms with Gasteiger partial charge in [-0.2, -0.15) is 0 Å². The standard InChI is InChI=1S/C14H14N2O4S/c1-21(18,19)15-11-4-5-12-10(9-11)6-7-16(12)14(17)13-3-2-8-20-13/h2-5,8-9,15H,6-7H2,1H3. The van der Waals surface area contributed by atoms with Gasteiger partial charge >= 0.3 is 0 Å². The normalized spacial score (nSPS) is 14.0. The van der Waals surface area contributed by atoms with E-state index in [-0.39, 0.29) is 5.91 Å². The van der Waals surface area contributed by atoms with Crippen LogP contribution in [-0.2, 0) is 16.4 Å². The van der Waals surface area contributed by atoms with Crippen molar-refractivity contribution >= 4 is 27.3 Å². The summed E-state index contributed by atoms with van der Waals surface area (Å²) >= 11 is 0. The molecule has 0 saturated carbocycles. The molecule has 21 heavy (non-hydrogen) atoms. The lowest BCUT2D eigenvalue weighted by Crippen LogP contribution is -2.28. The predicted molar refractivity (Wildman–Crippen MR) is 79.0 cm³/mol. The quantitative estimate of drug-likeness (QED) is 0.938. The summed E-state index contributed by atoms with van der Waals surface area (Å²) in [4.78, 5) is 13.9. The van der Waals surface area contributed by atoms with E-state index in [1.54, 1.807) is 35.2 Å². The second-order valence-electron chi connectivity index (χ2n) is 4.90. The number of nitrogens with one attached hydrogen (secondary N) is 1. The van der Waals surface area contributed by atoms with Gasteiger partial charge in [-0.25, -0.2) is 8.42 Å². The number of carbonyl (C=O) groups excluding carboxylic acids is 1. The molecule has 6 nitrogen and oxygen atoms in total. The maximum absolute atomic E-state index is 12.3. The van der Waals surface area contributed by atoms with E-state index in [4.69, 9.17) is 4.42 Å². The van der Waals surface area contributed by atoms with Gasteiger partial charge in [0.2, 0.25) is 10.0 Å². The van der Waals surface area contributed by atoms with E-state index in [0.717, 1.165) is 17.5 Å². The van der Waals surface area contributed by atoms with Gasteiger partial charge in [0.15, 0.2) is 5.76 Å². The molecule has 0 radical (unpaired) electrons. The molecule has 1 amide bonds. The summed E-state index contributed by atoms with van der Waals surface area (Å²) in [5.41, 5.74) is 2.22. The summed E-state index contributed by atoms with van der Waals surface area (Å²) in [6, 6.07) is 8.44. The van der Waals surface area contributed by atoms with Crippen LogP contribution in [0.3, 0.4) is 0 Å². The summed E-state index contributed by atoms with van der Waals surface area (Å²) in [5.74, 6) is 0.101. The maximum atomic E-state index is 12.3. The van der Waals surface area contributed by atoms with Crippen molar-refractivity contribution in [1.29, 1.82) is 0 Å². The number of rotatable bonds is 3. The molecule has 0 aliphatic carbocycles. The Hall–Kier alpha value is -2.28. The molecule has 2 aromatic rings. The van der Waals surface area contributed by atoms with Crippen LogP contribution in [0.25, 0.3) is 0 Å². The highest BCUT2D eigenvalue weighted by Gasteiger charge is 2.27.